The van der Waals surface area contributed by atoms with Crippen LogP contribution in [-0.4, -0.2) is 20.5 Å². The third-order valence-corrected chi connectivity index (χ3v) is 4.64. The molecule has 0 saturated carbocycles. The molecule has 5 heteroatoms. The minimum Gasteiger partial charge on any atom is -0.385 e. The summed E-state index contributed by atoms with van der Waals surface area (Å²) in [5.41, 5.74) is 0.489. The second kappa shape index (κ2) is 6.36. The van der Waals surface area contributed by atoms with Gasteiger partial charge in [0.2, 0.25) is 10.0 Å². The van der Waals surface area contributed by atoms with Crippen molar-refractivity contribution in [1.82, 2.24) is 4.72 Å². The third-order valence-electron chi connectivity index (χ3n) is 2.93. The van der Waals surface area contributed by atoms with E-state index in [4.69, 9.17) is 0 Å². The van der Waals surface area contributed by atoms with Gasteiger partial charge in [-0.3, -0.25) is 0 Å². The Kier molecular flexibility index (Phi) is 5.45. The fraction of sp³-hybridized carbons (Fsp3) is 0.625. The van der Waals surface area contributed by atoms with Gasteiger partial charge in [0.15, 0.2) is 0 Å². The molecule has 1 aromatic rings. The van der Waals surface area contributed by atoms with E-state index < -0.39 is 15.6 Å². The molecule has 0 bridgehead atoms. The van der Waals surface area contributed by atoms with Gasteiger partial charge >= 0.3 is 0 Å². The van der Waals surface area contributed by atoms with Crippen LogP contribution in [0.2, 0.25) is 0 Å². The summed E-state index contributed by atoms with van der Waals surface area (Å²) in [5, 5.41) is 3.15. The summed E-state index contributed by atoms with van der Waals surface area (Å²) in [7, 11) is -3.50. The van der Waals surface area contributed by atoms with E-state index in [1.54, 1.807) is 24.3 Å². The lowest BCUT2D eigenvalue weighted by atomic mass is 9.82. The van der Waals surface area contributed by atoms with Crippen LogP contribution in [0.15, 0.2) is 29.2 Å². The lowest BCUT2D eigenvalue weighted by Gasteiger charge is -2.33. The average molecular weight is 312 g/mol. The number of hydrogen-bond donors (Lipinski definition) is 2. The summed E-state index contributed by atoms with van der Waals surface area (Å²) >= 11 is 0. The smallest absolute Gasteiger partial charge is 0.241 e. The Morgan fingerprint density at radius 2 is 1.52 bits per heavy atom. The SMILES string of the molecule is CCNc1ccc(S(=O)(=O)NC(C)(C)CC(C)(C)C)cc1. The molecular weight excluding hydrogens is 284 g/mol. The van der Waals surface area contributed by atoms with Crippen LogP contribution in [0.3, 0.4) is 0 Å². The van der Waals surface area contributed by atoms with E-state index in [1.165, 1.54) is 0 Å². The van der Waals surface area contributed by atoms with Crippen molar-refractivity contribution in [1.29, 1.82) is 0 Å². The summed E-state index contributed by atoms with van der Waals surface area (Å²) in [6.45, 7) is 13.0. The highest BCUT2D eigenvalue weighted by molar-refractivity contribution is 7.89. The molecule has 120 valence electrons. The van der Waals surface area contributed by atoms with E-state index in [2.05, 4.69) is 30.8 Å². The van der Waals surface area contributed by atoms with Gasteiger partial charge in [-0.25, -0.2) is 13.1 Å². The first kappa shape index (κ1) is 18.0. The van der Waals surface area contributed by atoms with Gasteiger partial charge in [0.25, 0.3) is 0 Å². The Bertz CT molecular complexity index is 555. The quantitative estimate of drug-likeness (QED) is 0.843. The number of sulfonamides is 1. The predicted octanol–water partition coefficient (Wildman–Crippen LogP) is 3.61. The standard InChI is InChI=1S/C16H28N2O2S/c1-7-17-13-8-10-14(11-9-13)21(19,20)18-16(5,6)12-15(2,3)4/h8-11,17-18H,7,12H2,1-6H3. The zero-order valence-corrected chi connectivity index (χ0v) is 14.8. The van der Waals surface area contributed by atoms with Crippen molar-refractivity contribution >= 4 is 15.7 Å². The Balaban J connectivity index is 2.90. The number of anilines is 1. The summed E-state index contributed by atoms with van der Waals surface area (Å²) in [6.07, 6.45) is 0.759. The van der Waals surface area contributed by atoms with Crippen LogP contribution < -0.4 is 10.0 Å². The normalized spacial score (nSPS) is 13.2. The maximum absolute atomic E-state index is 12.5. The molecule has 0 radical (unpaired) electrons. The summed E-state index contributed by atoms with van der Waals surface area (Å²) in [5.74, 6) is 0. The van der Waals surface area contributed by atoms with Crippen molar-refractivity contribution in [3.63, 3.8) is 0 Å². The van der Waals surface area contributed by atoms with Gasteiger partial charge in [-0.15, -0.1) is 0 Å². The molecule has 0 aliphatic heterocycles. The zero-order chi connectivity index (χ0) is 16.3. The molecule has 4 nitrogen and oxygen atoms in total. The van der Waals surface area contributed by atoms with Crippen LogP contribution in [-0.2, 0) is 10.0 Å². The van der Waals surface area contributed by atoms with Crippen LogP contribution in [0, 0.1) is 5.41 Å². The minimum absolute atomic E-state index is 0.0565. The lowest BCUT2D eigenvalue weighted by Crippen LogP contribution is -2.45. The van der Waals surface area contributed by atoms with Crippen LogP contribution in [0.1, 0.15) is 48.0 Å². The highest BCUT2D eigenvalue weighted by Gasteiger charge is 2.30. The molecular formula is C16H28N2O2S. The average Bonchev–Trinajstić information content (AvgIpc) is 2.25. The highest BCUT2D eigenvalue weighted by Crippen LogP contribution is 2.28. The second-order valence-electron chi connectivity index (χ2n) is 7.28. The third kappa shape index (κ3) is 6.06. The van der Waals surface area contributed by atoms with E-state index in [1.807, 2.05) is 20.8 Å². The van der Waals surface area contributed by atoms with E-state index in [9.17, 15) is 8.42 Å². The molecule has 0 aliphatic rings. The molecule has 0 amide bonds. The van der Waals surface area contributed by atoms with E-state index >= 15 is 0 Å². The molecule has 0 saturated heterocycles. The number of hydrogen-bond acceptors (Lipinski definition) is 3. The van der Waals surface area contributed by atoms with Gasteiger partial charge in [-0.05, 0) is 56.9 Å². The second-order valence-corrected chi connectivity index (χ2v) is 8.96. The van der Waals surface area contributed by atoms with Crippen LogP contribution >= 0.6 is 0 Å². The fourth-order valence-electron chi connectivity index (χ4n) is 2.74. The fourth-order valence-corrected chi connectivity index (χ4v) is 4.15. The van der Waals surface area contributed by atoms with Crippen molar-refractivity contribution in [3.05, 3.63) is 24.3 Å². The van der Waals surface area contributed by atoms with E-state index in [0.717, 1.165) is 18.7 Å². The molecule has 2 N–H and O–H groups in total. The van der Waals surface area contributed by atoms with Crippen LogP contribution in [0.4, 0.5) is 5.69 Å². The molecule has 0 aromatic heterocycles. The molecule has 0 spiro atoms. The van der Waals surface area contributed by atoms with Crippen LogP contribution in [0.25, 0.3) is 0 Å². The lowest BCUT2D eigenvalue weighted by molar-refractivity contribution is 0.269. The molecule has 21 heavy (non-hydrogen) atoms. The maximum atomic E-state index is 12.5. The summed E-state index contributed by atoms with van der Waals surface area (Å²) < 4.78 is 27.8. The Labute approximate surface area is 129 Å². The molecule has 1 rings (SSSR count). The first-order valence-electron chi connectivity index (χ1n) is 7.33. The molecule has 0 fully saturated rings. The molecule has 0 unspecified atom stereocenters. The van der Waals surface area contributed by atoms with Crippen molar-refractivity contribution in [2.24, 2.45) is 5.41 Å². The first-order valence-corrected chi connectivity index (χ1v) is 8.81. The molecule has 0 atom stereocenters. The summed E-state index contributed by atoms with van der Waals surface area (Å²) in [6, 6.07) is 6.84. The molecule has 0 heterocycles. The number of nitrogens with one attached hydrogen (secondary N) is 2. The Morgan fingerprint density at radius 3 is 1.95 bits per heavy atom. The van der Waals surface area contributed by atoms with Crippen molar-refractivity contribution < 1.29 is 8.42 Å². The van der Waals surface area contributed by atoms with Gasteiger partial charge in [0.05, 0.1) is 4.90 Å². The van der Waals surface area contributed by atoms with Gasteiger partial charge < -0.3 is 5.32 Å². The van der Waals surface area contributed by atoms with E-state index in [0.29, 0.717) is 4.90 Å². The van der Waals surface area contributed by atoms with Gasteiger partial charge in [-0.1, -0.05) is 20.8 Å². The highest BCUT2D eigenvalue weighted by atomic mass is 32.2. The Hall–Kier alpha value is -1.07. The number of rotatable bonds is 6. The largest absolute Gasteiger partial charge is 0.385 e. The van der Waals surface area contributed by atoms with Gasteiger partial charge in [0, 0.05) is 17.8 Å². The summed E-state index contributed by atoms with van der Waals surface area (Å²) in [4.78, 5) is 0.297. The first-order chi connectivity index (χ1) is 9.45. The topological polar surface area (TPSA) is 58.2 Å². The Morgan fingerprint density at radius 1 is 1.00 bits per heavy atom. The monoisotopic (exact) mass is 312 g/mol. The van der Waals surface area contributed by atoms with Gasteiger partial charge in [0.1, 0.15) is 0 Å². The van der Waals surface area contributed by atoms with Crippen molar-refractivity contribution in [2.45, 2.75) is 58.4 Å². The molecule has 1 aromatic carbocycles. The van der Waals surface area contributed by atoms with Gasteiger partial charge in [-0.2, -0.15) is 0 Å². The van der Waals surface area contributed by atoms with Crippen molar-refractivity contribution in [3.8, 4) is 0 Å². The zero-order valence-electron chi connectivity index (χ0n) is 13.9. The molecule has 0 aliphatic carbocycles. The van der Waals surface area contributed by atoms with E-state index in [-0.39, 0.29) is 5.41 Å². The van der Waals surface area contributed by atoms with Crippen molar-refractivity contribution in [2.75, 3.05) is 11.9 Å². The number of benzene rings is 1. The maximum Gasteiger partial charge on any atom is 0.241 e. The predicted molar refractivity (Wildman–Crippen MR) is 89.1 cm³/mol. The van der Waals surface area contributed by atoms with Crippen LogP contribution in [0.5, 0.6) is 0 Å². The minimum atomic E-state index is -3.50.